The van der Waals surface area contributed by atoms with E-state index in [-0.39, 0.29) is 24.1 Å². The average Bonchev–Trinajstić information content (AvgIpc) is 2.90. The molecule has 0 aliphatic rings. The van der Waals surface area contributed by atoms with Gasteiger partial charge in [0, 0.05) is 41.5 Å². The second kappa shape index (κ2) is 28.6. The molecule has 16 nitrogen and oxygen atoms in total. The fourth-order valence-corrected chi connectivity index (χ4v) is 3.52. The van der Waals surface area contributed by atoms with Crippen molar-refractivity contribution in [2.75, 3.05) is 13.2 Å². The molecular weight excluding hydrogens is 663 g/mol. The van der Waals surface area contributed by atoms with Crippen LogP contribution in [0.15, 0.2) is 0 Å². The molecule has 0 aromatic heterocycles. The van der Waals surface area contributed by atoms with E-state index in [9.17, 15) is 39.0 Å². The van der Waals surface area contributed by atoms with Gasteiger partial charge in [-0.3, -0.25) is 28.8 Å². The van der Waals surface area contributed by atoms with Crippen molar-refractivity contribution in [2.24, 2.45) is 0 Å². The van der Waals surface area contributed by atoms with Crippen molar-refractivity contribution >= 4 is 59.1 Å². The van der Waals surface area contributed by atoms with Crippen LogP contribution in [0.1, 0.15) is 81.1 Å². The lowest BCUT2D eigenvalue weighted by Gasteiger charge is -2.35. The molecule has 46 heavy (non-hydrogen) atoms. The second-order valence-corrected chi connectivity index (χ2v) is 10.1. The Labute approximate surface area is 280 Å². The fraction of sp³-hybridized carbons (Fsp3) is 0.786. The lowest BCUT2D eigenvalue weighted by Crippen LogP contribution is -2.53. The van der Waals surface area contributed by atoms with Gasteiger partial charge in [-0.2, -0.15) is 0 Å². The topological polar surface area (TPSA) is 250 Å². The van der Waals surface area contributed by atoms with E-state index in [0.29, 0.717) is 19.3 Å². The lowest BCUT2D eigenvalue weighted by atomic mass is 9.99. The van der Waals surface area contributed by atoms with Gasteiger partial charge in [-0.15, -0.1) is 12.4 Å². The molecule has 0 rings (SSSR count). The predicted molar refractivity (Wildman–Crippen MR) is 164 cm³/mol. The van der Waals surface area contributed by atoms with Gasteiger partial charge >= 0.3 is 29.8 Å². The van der Waals surface area contributed by atoms with Crippen LogP contribution in [0, 0.1) is 0 Å². The number of aliphatic hydroxyl groups excluding tert-OH is 5. The van der Waals surface area contributed by atoms with Gasteiger partial charge in [0.2, 0.25) is 5.24 Å². The van der Waals surface area contributed by atoms with E-state index in [1.54, 1.807) is 0 Å². The first kappa shape index (κ1) is 50.3. The number of halogens is 2. The van der Waals surface area contributed by atoms with Crippen molar-refractivity contribution in [3.05, 3.63) is 0 Å². The third kappa shape index (κ3) is 26.6. The second-order valence-electron chi connectivity index (χ2n) is 9.59. The van der Waals surface area contributed by atoms with Gasteiger partial charge in [0.25, 0.3) is 0 Å². The van der Waals surface area contributed by atoms with Crippen molar-refractivity contribution in [3.8, 4) is 0 Å². The summed E-state index contributed by atoms with van der Waals surface area (Å²) in [6, 6.07) is 0. The summed E-state index contributed by atoms with van der Waals surface area (Å²) in [5.41, 5.74) is 0. The van der Waals surface area contributed by atoms with Crippen LogP contribution in [-0.4, -0.2) is 123 Å². The molecule has 0 radical (unpaired) electrons. The van der Waals surface area contributed by atoms with E-state index in [4.69, 9.17) is 39.0 Å². The van der Waals surface area contributed by atoms with Gasteiger partial charge in [-0.25, -0.2) is 0 Å². The van der Waals surface area contributed by atoms with E-state index in [1.807, 2.05) is 13.8 Å². The van der Waals surface area contributed by atoms with Crippen LogP contribution in [-0.2, 0) is 52.5 Å². The fourth-order valence-electron chi connectivity index (χ4n) is 3.52. The first-order chi connectivity index (χ1) is 20.7. The standard InChI is InChI=1S/C18H28O10.C8H18O5.C2H3ClO.ClH/c1-7-8-15(25-11(3)20)17(27-13(5)22)18(28-14(6)23)16(26-12(4)21)9-24-10(2)19;1-2-3-5(10)7(12)8(13)6(11)4-9;1-2(3)4;/h15-18H,7-9H2,1-6H3;5-13H,2-4H2,1H3;1H3;1H/t15-,16+,17+,18+;5-,6+,7+,8+;;/m00../s1. The number of hydrogen-bond acceptors (Lipinski definition) is 16. The number of hydrogen-bond donors (Lipinski definition) is 5. The molecule has 0 saturated carbocycles. The van der Waals surface area contributed by atoms with Gasteiger partial charge in [0.15, 0.2) is 18.3 Å². The molecule has 0 aromatic rings. The molecule has 0 bridgehead atoms. The predicted octanol–water partition coefficient (Wildman–Crippen LogP) is 0.492. The zero-order valence-corrected chi connectivity index (χ0v) is 28.9. The summed E-state index contributed by atoms with van der Waals surface area (Å²) in [5, 5.41) is 44.7. The highest BCUT2D eigenvalue weighted by Gasteiger charge is 2.43. The van der Waals surface area contributed by atoms with Crippen LogP contribution in [0.2, 0.25) is 0 Å². The summed E-state index contributed by atoms with van der Waals surface area (Å²) >= 11 is 4.64. The van der Waals surface area contributed by atoms with Crippen LogP contribution in [0.3, 0.4) is 0 Å². The Morgan fingerprint density at radius 1 is 0.587 bits per heavy atom. The largest absolute Gasteiger partial charge is 0.462 e. The minimum atomic E-state index is -1.51. The van der Waals surface area contributed by atoms with Crippen molar-refractivity contribution < 1.29 is 78.0 Å². The molecule has 5 N–H and O–H groups in total. The molecule has 0 aliphatic heterocycles. The Morgan fingerprint density at radius 3 is 1.26 bits per heavy atom. The van der Waals surface area contributed by atoms with Crippen molar-refractivity contribution in [2.45, 2.75) is 130 Å². The summed E-state index contributed by atoms with van der Waals surface area (Å²) in [4.78, 5) is 66.7. The monoisotopic (exact) mass is 712 g/mol. The van der Waals surface area contributed by atoms with E-state index < -0.39 is 91.9 Å². The van der Waals surface area contributed by atoms with Gasteiger partial charge in [-0.05, 0) is 24.4 Å². The normalized spacial score (nSPS) is 15.3. The Balaban J connectivity index is -0.000000406. The molecule has 0 heterocycles. The Hall–Kier alpha value is -2.60. The minimum absolute atomic E-state index is 0. The number of rotatable bonds is 17. The summed E-state index contributed by atoms with van der Waals surface area (Å²) in [7, 11) is 0. The van der Waals surface area contributed by atoms with E-state index in [1.165, 1.54) is 13.8 Å². The third-order valence-corrected chi connectivity index (χ3v) is 5.23. The third-order valence-electron chi connectivity index (χ3n) is 5.23. The molecular formula is C28H50Cl2O16. The highest BCUT2D eigenvalue weighted by atomic mass is 35.5. The van der Waals surface area contributed by atoms with Crippen molar-refractivity contribution in [1.29, 1.82) is 0 Å². The molecule has 0 unspecified atom stereocenters. The lowest BCUT2D eigenvalue weighted by molar-refractivity contribution is -0.203. The van der Waals surface area contributed by atoms with Gasteiger partial charge in [-0.1, -0.05) is 26.7 Å². The maximum absolute atomic E-state index is 11.7. The maximum Gasteiger partial charge on any atom is 0.303 e. The summed E-state index contributed by atoms with van der Waals surface area (Å²) in [6.07, 6.45) is -8.51. The highest BCUT2D eigenvalue weighted by molar-refractivity contribution is 6.62. The van der Waals surface area contributed by atoms with Crippen molar-refractivity contribution in [1.82, 2.24) is 0 Å². The number of ether oxygens (including phenoxy) is 5. The van der Waals surface area contributed by atoms with Gasteiger partial charge < -0.3 is 49.2 Å². The van der Waals surface area contributed by atoms with Gasteiger partial charge in [0.1, 0.15) is 31.0 Å². The maximum atomic E-state index is 11.7. The van der Waals surface area contributed by atoms with Crippen LogP contribution < -0.4 is 0 Å². The molecule has 0 fully saturated rings. The SMILES string of the molecule is CC(=O)Cl.CCC[C@H](O)[C@@H](O)[C@H](O)[C@H](O)CO.CCC[C@H](OC(C)=O)[C@@H](OC(C)=O)[C@H](OC(C)=O)[C@@H](COC(C)=O)OC(C)=O.Cl. The molecule has 0 spiro atoms. The summed E-state index contributed by atoms with van der Waals surface area (Å²) < 4.78 is 25.8. The number of aliphatic hydroxyl groups is 5. The number of esters is 5. The zero-order valence-electron chi connectivity index (χ0n) is 27.4. The molecule has 0 aromatic carbocycles. The smallest absolute Gasteiger partial charge is 0.303 e. The Morgan fingerprint density at radius 2 is 0.935 bits per heavy atom. The van der Waals surface area contributed by atoms with Gasteiger partial charge in [0.05, 0.1) is 12.7 Å². The number of carbonyl (C=O) groups excluding carboxylic acids is 6. The molecule has 18 heteroatoms. The van der Waals surface area contributed by atoms with Crippen LogP contribution >= 0.6 is 24.0 Å². The van der Waals surface area contributed by atoms with Crippen LogP contribution in [0.4, 0.5) is 0 Å². The number of carbonyl (C=O) groups is 6. The van der Waals surface area contributed by atoms with Crippen molar-refractivity contribution in [3.63, 3.8) is 0 Å². The molecule has 0 saturated heterocycles. The first-order valence-electron chi connectivity index (χ1n) is 14.1. The quantitative estimate of drug-likeness (QED) is 0.0782. The molecule has 8 atom stereocenters. The van der Waals surface area contributed by atoms with E-state index >= 15 is 0 Å². The van der Waals surface area contributed by atoms with Crippen LogP contribution in [0.25, 0.3) is 0 Å². The van der Waals surface area contributed by atoms with Crippen LogP contribution in [0.5, 0.6) is 0 Å². The molecule has 0 amide bonds. The Kier molecular flexibility index (Phi) is 31.3. The highest BCUT2D eigenvalue weighted by Crippen LogP contribution is 2.22. The van der Waals surface area contributed by atoms with E-state index in [0.717, 1.165) is 27.7 Å². The summed E-state index contributed by atoms with van der Waals surface area (Å²) in [6.45, 7) is 9.50. The first-order valence-corrected chi connectivity index (χ1v) is 14.4. The Bertz CT molecular complexity index is 899. The summed E-state index contributed by atoms with van der Waals surface area (Å²) in [5.74, 6) is -3.53. The zero-order chi connectivity index (χ0) is 35.9. The molecule has 0 aliphatic carbocycles. The van der Waals surface area contributed by atoms with E-state index in [2.05, 4.69) is 11.6 Å². The molecule has 272 valence electrons. The average molecular weight is 714 g/mol. The minimum Gasteiger partial charge on any atom is -0.462 e.